The molecule has 2 rings (SSSR count). The number of aromatic nitrogens is 4. The predicted octanol–water partition coefficient (Wildman–Crippen LogP) is -3.20. The quantitative estimate of drug-likeness (QED) is 0.162. The first-order chi connectivity index (χ1) is 15.2. The van der Waals surface area contributed by atoms with E-state index >= 15 is 0 Å². The largest absolute Gasteiger partial charge is 0.480 e. The van der Waals surface area contributed by atoms with Gasteiger partial charge < -0.3 is 41.9 Å². The summed E-state index contributed by atoms with van der Waals surface area (Å²) < 4.78 is 0. The molecule has 0 bridgehead atoms. The standard InChI is InChI=1S/C18H26N8O6/c1-9(27)15(19)17(30)26-12(2-10-4-20-7-23-10)16(29)22-6-14(28)25-13(18(31)32)3-11-5-21-8-24-11/h4-5,7-9,12-13,15,27H,2-3,6,19H2,1H3,(H,20,23)(H,21,24)(H,22,29)(H,25,28)(H,26,30)(H,31,32). The highest BCUT2D eigenvalue weighted by molar-refractivity contribution is 5.92. The van der Waals surface area contributed by atoms with Crippen LogP contribution in [-0.2, 0) is 32.0 Å². The lowest BCUT2D eigenvalue weighted by Crippen LogP contribution is -2.56. The number of imidazole rings is 2. The number of aromatic amines is 2. The third kappa shape index (κ3) is 7.48. The molecular formula is C18H26N8O6. The molecule has 0 spiro atoms. The molecule has 2 aromatic rings. The Morgan fingerprint density at radius 3 is 2.03 bits per heavy atom. The first-order valence-electron chi connectivity index (χ1n) is 9.65. The molecule has 14 nitrogen and oxygen atoms in total. The summed E-state index contributed by atoms with van der Waals surface area (Å²) in [6.07, 6.45) is 4.53. The van der Waals surface area contributed by atoms with Gasteiger partial charge >= 0.3 is 5.97 Å². The fraction of sp³-hybridized carbons (Fsp3) is 0.444. The fourth-order valence-corrected chi connectivity index (χ4v) is 2.66. The smallest absolute Gasteiger partial charge is 0.326 e. The van der Waals surface area contributed by atoms with Crippen LogP contribution in [0.3, 0.4) is 0 Å². The van der Waals surface area contributed by atoms with Crippen molar-refractivity contribution in [3.63, 3.8) is 0 Å². The molecule has 4 unspecified atom stereocenters. The van der Waals surface area contributed by atoms with E-state index in [1.54, 1.807) is 0 Å². The van der Waals surface area contributed by atoms with Crippen molar-refractivity contribution >= 4 is 23.7 Å². The highest BCUT2D eigenvalue weighted by atomic mass is 16.4. The lowest BCUT2D eigenvalue weighted by molar-refractivity contribution is -0.141. The zero-order valence-electron chi connectivity index (χ0n) is 17.2. The Morgan fingerprint density at radius 2 is 1.56 bits per heavy atom. The zero-order valence-corrected chi connectivity index (χ0v) is 17.2. The molecule has 0 saturated carbocycles. The zero-order chi connectivity index (χ0) is 23.7. The summed E-state index contributed by atoms with van der Waals surface area (Å²) >= 11 is 0. The molecule has 14 heteroatoms. The van der Waals surface area contributed by atoms with Crippen LogP contribution < -0.4 is 21.7 Å². The van der Waals surface area contributed by atoms with Crippen molar-refractivity contribution < 1.29 is 29.4 Å². The average Bonchev–Trinajstić information content (AvgIpc) is 3.44. The van der Waals surface area contributed by atoms with E-state index in [0.29, 0.717) is 11.4 Å². The van der Waals surface area contributed by atoms with Gasteiger partial charge in [-0.05, 0) is 6.92 Å². The fourth-order valence-electron chi connectivity index (χ4n) is 2.66. The number of aliphatic hydroxyl groups is 1. The highest BCUT2D eigenvalue weighted by Crippen LogP contribution is 2.01. The number of hydrogen-bond donors (Lipinski definition) is 8. The van der Waals surface area contributed by atoms with Crippen LogP contribution in [0, 0.1) is 0 Å². The maximum absolute atomic E-state index is 12.6. The molecular weight excluding hydrogens is 424 g/mol. The Kier molecular flexibility index (Phi) is 8.85. The van der Waals surface area contributed by atoms with E-state index in [2.05, 4.69) is 35.9 Å². The van der Waals surface area contributed by atoms with Crippen LogP contribution in [0.25, 0.3) is 0 Å². The molecule has 0 aliphatic heterocycles. The van der Waals surface area contributed by atoms with Crippen molar-refractivity contribution in [1.82, 2.24) is 35.9 Å². The molecule has 0 aliphatic carbocycles. The summed E-state index contributed by atoms with van der Waals surface area (Å²) in [4.78, 5) is 61.5. The summed E-state index contributed by atoms with van der Waals surface area (Å²) in [7, 11) is 0. The average molecular weight is 450 g/mol. The molecule has 0 saturated heterocycles. The van der Waals surface area contributed by atoms with Crippen LogP contribution in [0.1, 0.15) is 18.3 Å². The van der Waals surface area contributed by atoms with Gasteiger partial charge in [-0.1, -0.05) is 0 Å². The first kappa shape index (κ1) is 24.5. The van der Waals surface area contributed by atoms with Gasteiger partial charge in [0.1, 0.15) is 18.1 Å². The number of aliphatic hydroxyl groups excluding tert-OH is 1. The molecule has 174 valence electrons. The number of carboxylic acid groups (broad SMARTS) is 1. The van der Waals surface area contributed by atoms with E-state index in [1.165, 1.54) is 32.0 Å². The maximum atomic E-state index is 12.6. The van der Waals surface area contributed by atoms with Crippen molar-refractivity contribution in [2.75, 3.05) is 6.54 Å². The van der Waals surface area contributed by atoms with E-state index < -0.39 is 54.5 Å². The molecule has 0 aromatic carbocycles. The van der Waals surface area contributed by atoms with Gasteiger partial charge in [0, 0.05) is 36.6 Å². The molecule has 0 aliphatic rings. The van der Waals surface area contributed by atoms with Gasteiger partial charge in [-0.15, -0.1) is 0 Å². The number of aliphatic carboxylic acids is 1. The number of amides is 3. The molecule has 9 N–H and O–H groups in total. The summed E-state index contributed by atoms with van der Waals surface area (Å²) in [5, 5.41) is 25.9. The lowest BCUT2D eigenvalue weighted by atomic mass is 10.1. The van der Waals surface area contributed by atoms with Gasteiger partial charge in [-0.2, -0.15) is 0 Å². The third-order valence-electron chi connectivity index (χ3n) is 4.47. The van der Waals surface area contributed by atoms with Gasteiger partial charge in [0.25, 0.3) is 0 Å². The predicted molar refractivity (Wildman–Crippen MR) is 109 cm³/mol. The van der Waals surface area contributed by atoms with Gasteiger partial charge in [0.2, 0.25) is 17.7 Å². The summed E-state index contributed by atoms with van der Waals surface area (Å²) in [5.41, 5.74) is 6.65. The molecule has 0 fully saturated rings. The highest BCUT2D eigenvalue weighted by Gasteiger charge is 2.27. The number of carboxylic acids is 1. The second-order valence-electron chi connectivity index (χ2n) is 7.07. The van der Waals surface area contributed by atoms with E-state index in [9.17, 15) is 29.4 Å². The number of nitrogens with one attached hydrogen (secondary N) is 5. The van der Waals surface area contributed by atoms with Crippen LogP contribution in [0.15, 0.2) is 25.0 Å². The number of carbonyl (C=O) groups excluding carboxylic acids is 3. The number of H-pyrrole nitrogens is 2. The molecule has 4 atom stereocenters. The molecule has 2 heterocycles. The Bertz CT molecular complexity index is 899. The van der Waals surface area contributed by atoms with Crippen LogP contribution in [0.4, 0.5) is 0 Å². The maximum Gasteiger partial charge on any atom is 0.326 e. The number of carbonyl (C=O) groups is 4. The van der Waals surface area contributed by atoms with Gasteiger partial charge in [0.05, 0.1) is 25.3 Å². The number of rotatable bonds is 12. The minimum absolute atomic E-state index is 0.0172. The van der Waals surface area contributed by atoms with Crippen molar-refractivity contribution in [2.45, 2.75) is 44.0 Å². The van der Waals surface area contributed by atoms with E-state index in [-0.39, 0.29) is 12.8 Å². The van der Waals surface area contributed by atoms with Gasteiger partial charge in [-0.3, -0.25) is 14.4 Å². The summed E-state index contributed by atoms with van der Waals surface area (Å²) in [6.45, 7) is 0.810. The molecule has 32 heavy (non-hydrogen) atoms. The third-order valence-corrected chi connectivity index (χ3v) is 4.47. The molecule has 3 amide bonds. The summed E-state index contributed by atoms with van der Waals surface area (Å²) in [6, 6.07) is -3.61. The van der Waals surface area contributed by atoms with E-state index in [0.717, 1.165) is 0 Å². The van der Waals surface area contributed by atoms with Crippen LogP contribution in [0.2, 0.25) is 0 Å². The minimum Gasteiger partial charge on any atom is -0.480 e. The Balaban J connectivity index is 1.95. The minimum atomic E-state index is -1.26. The van der Waals surface area contributed by atoms with E-state index in [1.807, 2.05) is 0 Å². The second-order valence-corrected chi connectivity index (χ2v) is 7.07. The normalized spacial score (nSPS) is 14.6. The summed E-state index contributed by atoms with van der Waals surface area (Å²) in [5.74, 6) is -3.45. The van der Waals surface area contributed by atoms with Crippen molar-refractivity contribution in [2.24, 2.45) is 5.73 Å². The second kappa shape index (κ2) is 11.6. The SMILES string of the molecule is CC(O)C(N)C(=O)NC(Cc1cnc[nH]1)C(=O)NCC(=O)NC(Cc1cnc[nH]1)C(=O)O. The monoisotopic (exact) mass is 450 g/mol. The Labute approximate surface area is 182 Å². The van der Waals surface area contributed by atoms with Crippen LogP contribution in [-0.4, -0.2) is 84.6 Å². The van der Waals surface area contributed by atoms with Crippen molar-refractivity contribution in [1.29, 1.82) is 0 Å². The first-order valence-corrected chi connectivity index (χ1v) is 9.65. The topological polar surface area (TPSA) is 228 Å². The van der Waals surface area contributed by atoms with Crippen molar-refractivity contribution in [3.8, 4) is 0 Å². The van der Waals surface area contributed by atoms with Crippen LogP contribution >= 0.6 is 0 Å². The Hall–Kier alpha value is -3.78. The van der Waals surface area contributed by atoms with Gasteiger partial charge in [0.15, 0.2) is 0 Å². The van der Waals surface area contributed by atoms with Crippen LogP contribution in [0.5, 0.6) is 0 Å². The number of nitrogens with zero attached hydrogens (tertiary/aromatic N) is 2. The lowest BCUT2D eigenvalue weighted by Gasteiger charge is -2.21. The number of nitrogens with two attached hydrogens (primary N) is 1. The van der Waals surface area contributed by atoms with E-state index in [4.69, 9.17) is 5.73 Å². The van der Waals surface area contributed by atoms with Crippen molar-refractivity contribution in [3.05, 3.63) is 36.4 Å². The Morgan fingerprint density at radius 1 is 1.00 bits per heavy atom. The number of hydrogen-bond acceptors (Lipinski definition) is 8. The molecule has 2 aromatic heterocycles. The molecule has 0 radical (unpaired) electrons. The van der Waals surface area contributed by atoms with Gasteiger partial charge in [-0.25, -0.2) is 14.8 Å².